The van der Waals surface area contributed by atoms with Gasteiger partial charge in [-0.25, -0.2) is 9.78 Å². The molecule has 1 heterocycles. The summed E-state index contributed by atoms with van der Waals surface area (Å²) in [6, 6.07) is 9.87. The predicted molar refractivity (Wildman–Crippen MR) is 95.6 cm³/mol. The highest BCUT2D eigenvalue weighted by Crippen LogP contribution is 2.17. The van der Waals surface area contributed by atoms with Gasteiger partial charge in [0.15, 0.2) is 16.9 Å². The Balaban J connectivity index is 1.82. The van der Waals surface area contributed by atoms with Crippen LogP contribution in [-0.2, 0) is 20.8 Å². The molecule has 2 rings (SSSR count). The molecule has 0 radical (unpaired) electrons. The van der Waals surface area contributed by atoms with E-state index in [1.807, 2.05) is 30.3 Å². The third-order valence-corrected chi connectivity index (χ3v) is 4.06. The van der Waals surface area contributed by atoms with E-state index in [2.05, 4.69) is 15.6 Å². The number of aromatic nitrogens is 1. The van der Waals surface area contributed by atoms with Gasteiger partial charge >= 0.3 is 5.97 Å². The fraction of sp³-hybridized carbons (Fsp3) is 0.353. The molecular weight excluding hydrogens is 342 g/mol. The third-order valence-electron chi connectivity index (χ3n) is 3.26. The van der Waals surface area contributed by atoms with E-state index in [9.17, 15) is 9.59 Å². The maximum Gasteiger partial charge on any atom is 0.358 e. The van der Waals surface area contributed by atoms with Gasteiger partial charge in [-0.1, -0.05) is 30.3 Å². The van der Waals surface area contributed by atoms with Gasteiger partial charge in [0.05, 0.1) is 6.61 Å². The van der Waals surface area contributed by atoms with Crippen LogP contribution in [0.15, 0.2) is 35.7 Å². The van der Waals surface area contributed by atoms with Crippen LogP contribution >= 0.6 is 11.3 Å². The van der Waals surface area contributed by atoms with Crippen molar-refractivity contribution in [2.24, 2.45) is 0 Å². The van der Waals surface area contributed by atoms with Crippen LogP contribution < -0.4 is 10.6 Å². The van der Waals surface area contributed by atoms with Crippen molar-refractivity contribution < 1.29 is 19.1 Å². The molecule has 1 amide bonds. The number of hydrogen-bond acceptors (Lipinski definition) is 7. The molecule has 0 aliphatic rings. The molecule has 0 unspecified atom stereocenters. The topological polar surface area (TPSA) is 89.5 Å². The quantitative estimate of drug-likeness (QED) is 0.524. The molecule has 0 saturated heterocycles. The fourth-order valence-corrected chi connectivity index (χ4v) is 2.60. The molecule has 0 aliphatic heterocycles. The molecule has 0 spiro atoms. The van der Waals surface area contributed by atoms with Gasteiger partial charge in [-0.05, 0) is 12.5 Å². The highest BCUT2D eigenvalue weighted by atomic mass is 32.1. The maximum atomic E-state index is 12.1. The number of benzene rings is 1. The van der Waals surface area contributed by atoms with Crippen molar-refractivity contribution in [3.8, 4) is 0 Å². The van der Waals surface area contributed by atoms with Crippen LogP contribution in [0.5, 0.6) is 0 Å². The molecule has 2 aromatic rings. The molecule has 0 saturated carbocycles. The summed E-state index contributed by atoms with van der Waals surface area (Å²) in [6.07, 6.45) is -0.896. The molecule has 0 fully saturated rings. The van der Waals surface area contributed by atoms with Crippen molar-refractivity contribution in [3.05, 3.63) is 47.0 Å². The summed E-state index contributed by atoms with van der Waals surface area (Å²) in [5, 5.41) is 7.99. The average molecular weight is 363 g/mol. The summed E-state index contributed by atoms with van der Waals surface area (Å²) in [6.45, 7) is 2.89. The molecule has 1 atom stereocenters. The smallest absolute Gasteiger partial charge is 0.358 e. The molecule has 1 aromatic heterocycles. The highest BCUT2D eigenvalue weighted by molar-refractivity contribution is 7.13. The second kappa shape index (κ2) is 9.75. The summed E-state index contributed by atoms with van der Waals surface area (Å²) >= 11 is 1.31. The normalized spacial score (nSPS) is 11.6. The molecule has 134 valence electrons. The number of nitrogens with zero attached hydrogens (tertiary/aromatic N) is 1. The molecule has 2 N–H and O–H groups in total. The zero-order valence-corrected chi connectivity index (χ0v) is 15.0. The number of carbonyl (C=O) groups excluding carboxylic acids is 2. The van der Waals surface area contributed by atoms with Crippen molar-refractivity contribution in [2.75, 3.05) is 25.6 Å². The molecule has 25 heavy (non-hydrogen) atoms. The van der Waals surface area contributed by atoms with Gasteiger partial charge in [0.1, 0.15) is 0 Å². The molecule has 1 aromatic carbocycles. The molecule has 0 aliphatic carbocycles. The fourth-order valence-electron chi connectivity index (χ4n) is 1.92. The maximum absolute atomic E-state index is 12.1. The summed E-state index contributed by atoms with van der Waals surface area (Å²) in [4.78, 5) is 28.0. The second-order valence-corrected chi connectivity index (χ2v) is 6.07. The first-order chi connectivity index (χ1) is 12.1. The lowest BCUT2D eigenvalue weighted by molar-refractivity contribution is -0.129. The van der Waals surface area contributed by atoms with Crippen LogP contribution in [0, 0.1) is 0 Å². The van der Waals surface area contributed by atoms with Gasteiger partial charge < -0.3 is 20.1 Å². The second-order valence-electron chi connectivity index (χ2n) is 5.21. The van der Waals surface area contributed by atoms with Crippen molar-refractivity contribution in [1.82, 2.24) is 10.3 Å². The Morgan fingerprint density at radius 2 is 2.04 bits per heavy atom. The molecule has 0 bridgehead atoms. The Morgan fingerprint density at radius 1 is 1.28 bits per heavy atom. The van der Waals surface area contributed by atoms with Crippen molar-refractivity contribution in [1.29, 1.82) is 0 Å². The van der Waals surface area contributed by atoms with E-state index in [1.54, 1.807) is 12.5 Å². The minimum Gasteiger partial charge on any atom is -0.448 e. The first kappa shape index (κ1) is 18.9. The van der Waals surface area contributed by atoms with E-state index in [4.69, 9.17) is 9.47 Å². The monoisotopic (exact) mass is 363 g/mol. The number of thiazole rings is 1. The number of rotatable bonds is 9. The van der Waals surface area contributed by atoms with E-state index in [1.165, 1.54) is 18.3 Å². The Hall–Kier alpha value is -2.45. The number of carbonyl (C=O) groups is 2. The zero-order chi connectivity index (χ0) is 18.1. The van der Waals surface area contributed by atoms with Gasteiger partial charge in [0.2, 0.25) is 0 Å². The summed E-state index contributed by atoms with van der Waals surface area (Å²) in [5.74, 6) is -0.999. The summed E-state index contributed by atoms with van der Waals surface area (Å²) < 4.78 is 9.97. The Morgan fingerprint density at radius 3 is 2.76 bits per heavy atom. The van der Waals surface area contributed by atoms with E-state index < -0.39 is 12.1 Å². The van der Waals surface area contributed by atoms with Gasteiger partial charge in [0, 0.05) is 25.6 Å². The lowest BCUT2D eigenvalue weighted by Crippen LogP contribution is -2.37. The third kappa shape index (κ3) is 6.17. The Labute approximate surface area is 150 Å². The summed E-state index contributed by atoms with van der Waals surface area (Å²) in [5.41, 5.74) is 1.29. The Kier molecular flexibility index (Phi) is 7.36. The van der Waals surface area contributed by atoms with Crippen LogP contribution in [0.25, 0.3) is 0 Å². The molecule has 7 nitrogen and oxygen atoms in total. The predicted octanol–water partition coefficient (Wildman–Crippen LogP) is 2.06. The first-order valence-electron chi connectivity index (χ1n) is 7.81. The lowest BCUT2D eigenvalue weighted by atomic mass is 10.2. The number of methoxy groups -OCH3 is 1. The van der Waals surface area contributed by atoms with Crippen LogP contribution in [0.3, 0.4) is 0 Å². The van der Waals surface area contributed by atoms with Crippen molar-refractivity contribution >= 4 is 28.3 Å². The standard InChI is InChI=1S/C17H21N3O4S/c1-12(15(21)18-8-9-23-2)24-16(22)14-11-25-17(20-14)19-10-13-6-4-3-5-7-13/h3-7,11-12H,8-10H2,1-2H3,(H,18,21)(H,19,20)/t12-/m0/s1. The lowest BCUT2D eigenvalue weighted by Gasteiger charge is -2.12. The SMILES string of the molecule is COCCNC(=O)[C@H](C)OC(=O)c1csc(NCc2ccccc2)n1. The van der Waals surface area contributed by atoms with E-state index in [0.717, 1.165) is 5.56 Å². The zero-order valence-electron chi connectivity index (χ0n) is 14.2. The van der Waals surface area contributed by atoms with E-state index >= 15 is 0 Å². The number of nitrogens with one attached hydrogen (secondary N) is 2. The van der Waals surface area contributed by atoms with Crippen LogP contribution in [0.4, 0.5) is 5.13 Å². The van der Waals surface area contributed by atoms with Gasteiger partial charge in [-0.2, -0.15) is 0 Å². The van der Waals surface area contributed by atoms with E-state index in [-0.39, 0.29) is 11.6 Å². The summed E-state index contributed by atoms with van der Waals surface area (Å²) in [7, 11) is 1.54. The van der Waals surface area contributed by atoms with Crippen LogP contribution in [0.2, 0.25) is 0 Å². The van der Waals surface area contributed by atoms with Crippen molar-refractivity contribution in [3.63, 3.8) is 0 Å². The first-order valence-corrected chi connectivity index (χ1v) is 8.69. The minimum atomic E-state index is -0.896. The van der Waals surface area contributed by atoms with E-state index in [0.29, 0.717) is 24.8 Å². The Bertz CT molecular complexity index is 690. The van der Waals surface area contributed by atoms with Crippen LogP contribution in [-0.4, -0.2) is 43.2 Å². The number of ether oxygens (including phenoxy) is 2. The van der Waals surface area contributed by atoms with Crippen molar-refractivity contribution in [2.45, 2.75) is 19.6 Å². The number of anilines is 1. The number of esters is 1. The van der Waals surface area contributed by atoms with Crippen LogP contribution in [0.1, 0.15) is 23.0 Å². The van der Waals surface area contributed by atoms with Gasteiger partial charge in [-0.15, -0.1) is 11.3 Å². The molecule has 8 heteroatoms. The highest BCUT2D eigenvalue weighted by Gasteiger charge is 2.20. The number of amides is 1. The largest absolute Gasteiger partial charge is 0.448 e. The van der Waals surface area contributed by atoms with Gasteiger partial charge in [-0.3, -0.25) is 4.79 Å². The number of hydrogen-bond donors (Lipinski definition) is 2. The average Bonchev–Trinajstić information content (AvgIpc) is 3.10. The molecular formula is C17H21N3O4S. The minimum absolute atomic E-state index is 0.178. The van der Waals surface area contributed by atoms with Gasteiger partial charge in [0.25, 0.3) is 5.91 Å².